The molecule has 3 aromatic rings. The molecule has 7 heteroatoms. The first-order chi connectivity index (χ1) is 13.4. The van der Waals surface area contributed by atoms with Gasteiger partial charge >= 0.3 is 0 Å². The number of carbonyl (C=O) groups is 1. The SMILES string of the molecule is CC(=O)/C=C(/C)Nc1c(C)n(C)n(-c2ccccc2)c1=Nc1ccccc1[S-].[Co]. The second-order valence-corrected chi connectivity index (χ2v) is 7.04. The number of rotatable bonds is 5. The zero-order valence-corrected chi connectivity index (χ0v) is 18.6. The van der Waals surface area contributed by atoms with Crippen molar-refractivity contribution < 1.29 is 21.6 Å². The monoisotopic (exact) mass is 450 g/mol. The number of anilines is 1. The predicted octanol–water partition coefficient (Wildman–Crippen LogP) is 4.16. The first kappa shape index (κ1) is 22.7. The van der Waals surface area contributed by atoms with Crippen LogP contribution < -0.4 is 10.8 Å². The Morgan fingerprint density at radius 3 is 2.31 bits per heavy atom. The van der Waals surface area contributed by atoms with Crippen LogP contribution in [0.1, 0.15) is 19.5 Å². The molecule has 5 nitrogen and oxygen atoms in total. The number of para-hydroxylation sites is 2. The summed E-state index contributed by atoms with van der Waals surface area (Å²) in [4.78, 5) is 17.1. The van der Waals surface area contributed by atoms with Crippen molar-refractivity contribution in [2.24, 2.45) is 12.0 Å². The third kappa shape index (κ3) is 5.06. The van der Waals surface area contributed by atoms with Crippen LogP contribution in [0.5, 0.6) is 0 Å². The molecule has 1 aromatic heterocycles. The summed E-state index contributed by atoms with van der Waals surface area (Å²) < 4.78 is 4.06. The summed E-state index contributed by atoms with van der Waals surface area (Å²) in [6.45, 7) is 5.42. The van der Waals surface area contributed by atoms with Crippen LogP contribution in [0.4, 0.5) is 11.4 Å². The van der Waals surface area contributed by atoms with Crippen molar-refractivity contribution in [3.8, 4) is 5.69 Å². The van der Waals surface area contributed by atoms with Gasteiger partial charge in [0, 0.05) is 35.2 Å². The zero-order valence-electron chi connectivity index (χ0n) is 16.8. The van der Waals surface area contributed by atoms with Crippen LogP contribution in [0.2, 0.25) is 0 Å². The maximum Gasteiger partial charge on any atom is 0.178 e. The minimum absolute atomic E-state index is 0. The van der Waals surface area contributed by atoms with Crippen LogP contribution in [0.3, 0.4) is 0 Å². The van der Waals surface area contributed by atoms with Crippen molar-refractivity contribution >= 4 is 29.8 Å². The van der Waals surface area contributed by atoms with Crippen molar-refractivity contribution in [1.29, 1.82) is 0 Å². The van der Waals surface area contributed by atoms with Crippen LogP contribution >= 0.6 is 0 Å². The zero-order chi connectivity index (χ0) is 20.3. The topological polar surface area (TPSA) is 51.3 Å². The van der Waals surface area contributed by atoms with E-state index < -0.39 is 0 Å². The molecule has 1 radical (unpaired) electrons. The standard InChI is InChI=1S/C22H24N4OS.Co/c1-15(14-16(2)27)23-21-17(3)25(4)26(18-10-6-5-7-11-18)22(21)24-19-12-8-9-13-20(19)28;/h5-14,23,28H,1-4H3;/p-1/b15-14-,24-22?;. The second-order valence-electron chi connectivity index (χ2n) is 6.60. The smallest absolute Gasteiger partial charge is 0.178 e. The van der Waals surface area contributed by atoms with Gasteiger partial charge in [0.1, 0.15) is 5.69 Å². The Morgan fingerprint density at radius 1 is 1.07 bits per heavy atom. The third-order valence-electron chi connectivity index (χ3n) is 4.41. The van der Waals surface area contributed by atoms with Crippen LogP contribution in [-0.2, 0) is 41.2 Å². The molecule has 0 saturated heterocycles. The maximum atomic E-state index is 11.5. The van der Waals surface area contributed by atoms with Crippen molar-refractivity contribution in [3.63, 3.8) is 0 Å². The average Bonchev–Trinajstić information content (AvgIpc) is 2.88. The minimum Gasteiger partial charge on any atom is -0.778 e. The molecule has 0 fully saturated rings. The first-order valence-corrected chi connectivity index (χ1v) is 9.40. The molecule has 0 aliphatic carbocycles. The molecule has 153 valence electrons. The van der Waals surface area contributed by atoms with Gasteiger partial charge < -0.3 is 17.9 Å². The number of nitrogens with one attached hydrogen (secondary N) is 1. The van der Waals surface area contributed by atoms with E-state index in [0.29, 0.717) is 4.90 Å². The van der Waals surface area contributed by atoms with Gasteiger partial charge in [0.05, 0.1) is 11.4 Å². The van der Waals surface area contributed by atoms with E-state index in [2.05, 4.69) is 5.32 Å². The van der Waals surface area contributed by atoms with Gasteiger partial charge in [0.2, 0.25) is 0 Å². The average molecular weight is 450 g/mol. The van der Waals surface area contributed by atoms with Crippen LogP contribution in [0.15, 0.2) is 76.3 Å². The van der Waals surface area contributed by atoms with E-state index in [9.17, 15) is 4.79 Å². The number of hydrogen-bond acceptors (Lipinski definition) is 4. The molecule has 0 bridgehead atoms. The van der Waals surface area contributed by atoms with E-state index in [-0.39, 0.29) is 22.6 Å². The van der Waals surface area contributed by atoms with Crippen molar-refractivity contribution in [1.82, 2.24) is 9.36 Å². The van der Waals surface area contributed by atoms with Gasteiger partial charge in [0.15, 0.2) is 11.3 Å². The van der Waals surface area contributed by atoms with E-state index in [0.717, 1.165) is 33.9 Å². The van der Waals surface area contributed by atoms with Gasteiger partial charge in [-0.2, -0.15) is 0 Å². The van der Waals surface area contributed by atoms with Gasteiger partial charge in [-0.1, -0.05) is 36.4 Å². The Balaban J connectivity index is 0.00000300. The normalized spacial score (nSPS) is 11.9. The Kier molecular flexibility index (Phi) is 7.61. The molecule has 0 spiro atoms. The minimum atomic E-state index is -0.0103. The molecule has 0 aliphatic rings. The molecule has 3 rings (SSSR count). The van der Waals surface area contributed by atoms with Gasteiger partial charge in [-0.15, -0.1) is 4.90 Å². The first-order valence-electron chi connectivity index (χ1n) is 8.99. The third-order valence-corrected chi connectivity index (χ3v) is 4.75. The van der Waals surface area contributed by atoms with Crippen molar-refractivity contribution in [2.75, 3.05) is 5.32 Å². The van der Waals surface area contributed by atoms with Gasteiger partial charge in [-0.05, 0) is 45.0 Å². The molecular weight excluding hydrogens is 427 g/mol. The van der Waals surface area contributed by atoms with E-state index in [1.165, 1.54) is 6.92 Å². The van der Waals surface area contributed by atoms with Crippen molar-refractivity contribution in [3.05, 3.63) is 77.6 Å². The Bertz CT molecular complexity index is 1110. The fourth-order valence-electron chi connectivity index (χ4n) is 3.04. The summed E-state index contributed by atoms with van der Waals surface area (Å²) in [5.41, 5.74) is 5.00. The van der Waals surface area contributed by atoms with Crippen molar-refractivity contribution in [2.45, 2.75) is 25.7 Å². The Hall–Kier alpha value is -2.61. The van der Waals surface area contributed by atoms with Crippen LogP contribution in [0.25, 0.3) is 5.69 Å². The maximum absolute atomic E-state index is 11.5. The Labute approximate surface area is 186 Å². The summed E-state index contributed by atoms with van der Waals surface area (Å²) in [6.07, 6.45) is 1.57. The number of aromatic nitrogens is 2. The fourth-order valence-corrected chi connectivity index (χ4v) is 3.23. The summed E-state index contributed by atoms with van der Waals surface area (Å²) >= 11 is 5.45. The fraction of sp³-hybridized carbons (Fsp3) is 0.182. The molecule has 29 heavy (non-hydrogen) atoms. The number of nitrogens with zero attached hydrogens (tertiary/aromatic N) is 3. The molecule has 1 heterocycles. The van der Waals surface area contributed by atoms with E-state index >= 15 is 0 Å². The summed E-state index contributed by atoms with van der Waals surface area (Å²) in [7, 11) is 1.98. The number of carbonyl (C=O) groups excluding carboxylic acids is 1. The molecule has 1 N–H and O–H groups in total. The summed E-state index contributed by atoms with van der Waals surface area (Å²) in [6, 6.07) is 17.6. The molecule has 0 atom stereocenters. The predicted molar refractivity (Wildman–Crippen MR) is 115 cm³/mol. The number of benzene rings is 2. The Morgan fingerprint density at radius 2 is 1.69 bits per heavy atom. The summed E-state index contributed by atoms with van der Waals surface area (Å²) in [5, 5.41) is 3.35. The van der Waals surface area contributed by atoms with E-state index in [4.69, 9.17) is 17.6 Å². The molecule has 0 unspecified atom stereocenters. The van der Waals surface area contributed by atoms with Crippen LogP contribution in [-0.4, -0.2) is 15.1 Å². The van der Waals surface area contributed by atoms with E-state index in [1.807, 2.05) is 84.9 Å². The van der Waals surface area contributed by atoms with E-state index in [1.54, 1.807) is 6.08 Å². The molecule has 0 saturated carbocycles. The molecule has 0 amide bonds. The largest absolute Gasteiger partial charge is 0.778 e. The molecular formula is C22H23CoN4OS-. The number of hydrogen-bond donors (Lipinski definition) is 1. The second kappa shape index (κ2) is 9.73. The number of ketones is 1. The summed E-state index contributed by atoms with van der Waals surface area (Å²) in [5.74, 6) is -0.0103. The number of allylic oxidation sites excluding steroid dienone is 2. The molecule has 0 aliphatic heterocycles. The quantitative estimate of drug-likeness (QED) is 0.469. The van der Waals surface area contributed by atoms with Gasteiger partial charge in [-0.3, -0.25) is 9.48 Å². The molecule has 2 aromatic carbocycles. The van der Waals surface area contributed by atoms with Gasteiger partial charge in [0.25, 0.3) is 0 Å². The van der Waals surface area contributed by atoms with Gasteiger partial charge in [-0.25, -0.2) is 9.67 Å². The van der Waals surface area contributed by atoms with Crippen LogP contribution in [0, 0.1) is 6.92 Å².